The lowest BCUT2D eigenvalue weighted by atomic mass is 10.2. The standard InChI is InChI=1S/C21H20FN3O2S/c1-14-7-9-16(10-8-14)28-12-11-23-21(27)20-19(26)13-15(2)25(24-20)18-6-4-3-5-17(18)22/h3-10,13H,11-12H2,1-2H3,(H,23,27). The SMILES string of the molecule is Cc1ccc(SCCNC(=O)c2nn(-c3ccccc3F)c(C)cc2=O)cc1. The van der Waals surface area contributed by atoms with Gasteiger partial charge in [-0.25, -0.2) is 9.07 Å². The summed E-state index contributed by atoms with van der Waals surface area (Å²) in [5, 5.41) is 6.80. The molecule has 0 aliphatic rings. The van der Waals surface area contributed by atoms with Crippen LogP contribution in [0.5, 0.6) is 0 Å². The Morgan fingerprint density at radius 2 is 1.86 bits per heavy atom. The molecule has 0 atom stereocenters. The summed E-state index contributed by atoms with van der Waals surface area (Å²) < 4.78 is 15.4. The van der Waals surface area contributed by atoms with E-state index in [9.17, 15) is 14.0 Å². The van der Waals surface area contributed by atoms with Crippen molar-refractivity contribution in [1.82, 2.24) is 15.1 Å². The van der Waals surface area contributed by atoms with Gasteiger partial charge in [-0.05, 0) is 38.1 Å². The Labute approximate surface area is 166 Å². The second kappa shape index (κ2) is 8.84. The smallest absolute Gasteiger partial charge is 0.275 e. The zero-order chi connectivity index (χ0) is 20.1. The van der Waals surface area contributed by atoms with Gasteiger partial charge in [-0.15, -0.1) is 11.8 Å². The van der Waals surface area contributed by atoms with E-state index in [0.717, 1.165) is 4.90 Å². The van der Waals surface area contributed by atoms with Gasteiger partial charge in [0.2, 0.25) is 5.43 Å². The van der Waals surface area contributed by atoms with Gasteiger partial charge >= 0.3 is 0 Å². The van der Waals surface area contributed by atoms with Crippen LogP contribution >= 0.6 is 11.8 Å². The minimum absolute atomic E-state index is 0.184. The van der Waals surface area contributed by atoms with Crippen LogP contribution in [-0.2, 0) is 0 Å². The predicted octanol–water partition coefficient (Wildman–Crippen LogP) is 3.51. The summed E-state index contributed by atoms with van der Waals surface area (Å²) >= 11 is 1.61. The third-order valence-corrected chi connectivity index (χ3v) is 5.09. The fourth-order valence-corrected chi connectivity index (χ4v) is 3.39. The maximum absolute atomic E-state index is 14.1. The van der Waals surface area contributed by atoms with Gasteiger partial charge in [0.25, 0.3) is 5.91 Å². The Morgan fingerprint density at radius 1 is 1.14 bits per heavy atom. The van der Waals surface area contributed by atoms with E-state index < -0.39 is 17.2 Å². The topological polar surface area (TPSA) is 64.0 Å². The molecular weight excluding hydrogens is 377 g/mol. The first-order valence-corrected chi connectivity index (χ1v) is 9.78. The lowest BCUT2D eigenvalue weighted by Crippen LogP contribution is -2.33. The Bertz CT molecular complexity index is 1050. The van der Waals surface area contributed by atoms with Crippen LogP contribution in [0.25, 0.3) is 5.69 Å². The van der Waals surface area contributed by atoms with E-state index in [-0.39, 0.29) is 11.4 Å². The van der Waals surface area contributed by atoms with E-state index in [0.29, 0.717) is 18.0 Å². The summed E-state index contributed by atoms with van der Waals surface area (Å²) in [6.07, 6.45) is 0. The highest BCUT2D eigenvalue weighted by Gasteiger charge is 2.16. The van der Waals surface area contributed by atoms with Crippen LogP contribution in [0.1, 0.15) is 21.7 Å². The molecule has 0 aliphatic heterocycles. The van der Waals surface area contributed by atoms with Gasteiger partial charge in [0.05, 0.1) is 0 Å². The van der Waals surface area contributed by atoms with Gasteiger partial charge in [0.15, 0.2) is 5.69 Å². The largest absolute Gasteiger partial charge is 0.350 e. The Hall–Kier alpha value is -2.93. The summed E-state index contributed by atoms with van der Waals surface area (Å²) in [4.78, 5) is 25.7. The van der Waals surface area contributed by atoms with Crippen LogP contribution in [0.15, 0.2) is 64.3 Å². The van der Waals surface area contributed by atoms with Gasteiger partial charge in [-0.2, -0.15) is 5.10 Å². The number of aromatic nitrogens is 2. The number of hydrogen-bond acceptors (Lipinski definition) is 4. The lowest BCUT2D eigenvalue weighted by molar-refractivity contribution is 0.0948. The van der Waals surface area contributed by atoms with Crippen LogP contribution in [0.3, 0.4) is 0 Å². The van der Waals surface area contributed by atoms with Gasteiger partial charge < -0.3 is 5.32 Å². The predicted molar refractivity (Wildman–Crippen MR) is 109 cm³/mol. The third kappa shape index (κ3) is 4.67. The summed E-state index contributed by atoms with van der Waals surface area (Å²) in [6, 6.07) is 15.5. The first-order chi connectivity index (χ1) is 13.5. The molecule has 5 nitrogen and oxygen atoms in total. The van der Waals surface area contributed by atoms with Crippen molar-refractivity contribution in [1.29, 1.82) is 0 Å². The molecule has 0 fully saturated rings. The normalized spacial score (nSPS) is 10.7. The molecule has 0 bridgehead atoms. The summed E-state index contributed by atoms with van der Waals surface area (Å²) in [7, 11) is 0. The molecule has 0 unspecified atom stereocenters. The minimum Gasteiger partial charge on any atom is -0.350 e. The van der Waals surface area contributed by atoms with E-state index in [1.807, 2.05) is 31.2 Å². The highest BCUT2D eigenvalue weighted by Crippen LogP contribution is 2.17. The van der Waals surface area contributed by atoms with Crippen LogP contribution in [0, 0.1) is 19.7 Å². The van der Waals surface area contributed by atoms with E-state index in [2.05, 4.69) is 10.4 Å². The zero-order valence-electron chi connectivity index (χ0n) is 15.6. The molecule has 7 heteroatoms. The van der Waals surface area contributed by atoms with Crippen molar-refractivity contribution in [2.75, 3.05) is 12.3 Å². The number of hydrogen-bond donors (Lipinski definition) is 1. The molecule has 1 N–H and O–H groups in total. The molecule has 1 aromatic heterocycles. The summed E-state index contributed by atoms with van der Waals surface area (Å²) in [5.74, 6) is -0.399. The number of halogens is 1. The molecule has 0 saturated carbocycles. The Balaban J connectivity index is 1.69. The number of carbonyl (C=O) groups excluding carboxylic acids is 1. The molecule has 144 valence electrons. The number of thioether (sulfide) groups is 1. The van der Waals surface area contributed by atoms with E-state index >= 15 is 0 Å². The van der Waals surface area contributed by atoms with Crippen molar-refractivity contribution in [3.63, 3.8) is 0 Å². The zero-order valence-corrected chi connectivity index (χ0v) is 16.4. The average Bonchev–Trinajstić information content (AvgIpc) is 2.67. The minimum atomic E-state index is -0.570. The quantitative estimate of drug-likeness (QED) is 0.511. The van der Waals surface area contributed by atoms with Crippen molar-refractivity contribution >= 4 is 17.7 Å². The first-order valence-electron chi connectivity index (χ1n) is 8.79. The number of rotatable bonds is 6. The van der Waals surface area contributed by atoms with Crippen LogP contribution in [-0.4, -0.2) is 28.0 Å². The monoisotopic (exact) mass is 397 g/mol. The molecule has 3 rings (SSSR count). The molecule has 28 heavy (non-hydrogen) atoms. The summed E-state index contributed by atoms with van der Waals surface area (Å²) in [5.41, 5.74) is 1.07. The lowest BCUT2D eigenvalue weighted by Gasteiger charge is -2.12. The van der Waals surface area contributed by atoms with Crippen LogP contribution in [0.2, 0.25) is 0 Å². The molecule has 0 spiro atoms. The van der Waals surface area contributed by atoms with Crippen molar-refractivity contribution < 1.29 is 9.18 Å². The van der Waals surface area contributed by atoms with Crippen molar-refractivity contribution in [3.8, 4) is 5.69 Å². The number of para-hydroxylation sites is 1. The number of nitrogens with zero attached hydrogens (tertiary/aromatic N) is 2. The van der Waals surface area contributed by atoms with Gasteiger partial charge in [-0.3, -0.25) is 9.59 Å². The van der Waals surface area contributed by atoms with E-state index in [4.69, 9.17) is 0 Å². The Morgan fingerprint density at radius 3 is 2.57 bits per heavy atom. The molecule has 2 aromatic carbocycles. The number of amides is 1. The summed E-state index contributed by atoms with van der Waals surface area (Å²) in [6.45, 7) is 4.05. The van der Waals surface area contributed by atoms with Gasteiger partial charge in [0, 0.05) is 29.0 Å². The molecule has 0 radical (unpaired) electrons. The first kappa shape index (κ1) is 19.8. The maximum atomic E-state index is 14.1. The van der Waals surface area contributed by atoms with Crippen molar-refractivity contribution in [3.05, 3.63) is 87.6 Å². The highest BCUT2D eigenvalue weighted by atomic mass is 32.2. The molecule has 0 saturated heterocycles. The van der Waals surface area contributed by atoms with Crippen molar-refractivity contribution in [2.45, 2.75) is 18.7 Å². The molecular formula is C21H20FN3O2S. The average molecular weight is 397 g/mol. The highest BCUT2D eigenvalue weighted by molar-refractivity contribution is 7.99. The number of nitrogens with one attached hydrogen (secondary N) is 1. The van der Waals surface area contributed by atoms with E-state index in [1.165, 1.54) is 22.4 Å². The number of carbonyl (C=O) groups is 1. The fraction of sp³-hybridized carbons (Fsp3) is 0.190. The number of benzene rings is 2. The fourth-order valence-electron chi connectivity index (χ4n) is 2.62. The van der Waals surface area contributed by atoms with Crippen molar-refractivity contribution in [2.24, 2.45) is 0 Å². The number of aryl methyl sites for hydroxylation is 2. The second-order valence-corrected chi connectivity index (χ2v) is 7.45. The molecule has 0 aliphatic carbocycles. The van der Waals surface area contributed by atoms with Crippen LogP contribution in [0.4, 0.5) is 4.39 Å². The third-order valence-electron chi connectivity index (χ3n) is 4.08. The van der Waals surface area contributed by atoms with Gasteiger partial charge in [-0.1, -0.05) is 29.8 Å². The van der Waals surface area contributed by atoms with E-state index in [1.54, 1.807) is 36.9 Å². The Kier molecular flexibility index (Phi) is 6.26. The molecule has 1 amide bonds. The molecule has 3 aromatic rings. The second-order valence-electron chi connectivity index (χ2n) is 6.28. The van der Waals surface area contributed by atoms with Gasteiger partial charge in [0.1, 0.15) is 11.5 Å². The maximum Gasteiger partial charge on any atom is 0.275 e. The van der Waals surface area contributed by atoms with Crippen LogP contribution < -0.4 is 10.7 Å². The molecule has 1 heterocycles.